The van der Waals surface area contributed by atoms with Crippen molar-refractivity contribution in [3.8, 4) is 11.5 Å². The van der Waals surface area contributed by atoms with Crippen LogP contribution in [0.15, 0.2) is 23.1 Å². The molecule has 1 aromatic carbocycles. The molecule has 0 radical (unpaired) electrons. The SMILES string of the molecule is CCOc1ccc(/C=C2/SC(=S)N(NC(=O)C34CC5CC(CC(C5)C3)C4)C2=O)cc1OC. The van der Waals surface area contributed by atoms with Crippen molar-refractivity contribution >= 4 is 46.2 Å². The normalized spacial score (nSPS) is 32.0. The van der Waals surface area contributed by atoms with Crippen molar-refractivity contribution in [1.29, 1.82) is 0 Å². The van der Waals surface area contributed by atoms with Crippen LogP contribution in [0.4, 0.5) is 0 Å². The quantitative estimate of drug-likeness (QED) is 0.484. The number of benzene rings is 1. The fraction of sp³-hybridized carbons (Fsp3) is 0.542. The molecule has 1 aliphatic heterocycles. The van der Waals surface area contributed by atoms with E-state index in [9.17, 15) is 9.59 Å². The van der Waals surface area contributed by atoms with Crippen molar-refractivity contribution in [2.45, 2.75) is 45.4 Å². The second-order valence-corrected chi connectivity index (χ2v) is 11.2. The molecule has 5 fully saturated rings. The zero-order valence-electron chi connectivity index (χ0n) is 18.4. The summed E-state index contributed by atoms with van der Waals surface area (Å²) in [6.07, 6.45) is 8.41. The van der Waals surface area contributed by atoms with Crippen molar-refractivity contribution in [3.05, 3.63) is 28.7 Å². The van der Waals surface area contributed by atoms with Crippen LogP contribution < -0.4 is 14.9 Å². The molecule has 0 atom stereocenters. The number of hydrogen-bond acceptors (Lipinski definition) is 6. The number of nitrogens with one attached hydrogen (secondary N) is 1. The van der Waals surface area contributed by atoms with Gasteiger partial charge in [-0.05, 0) is 99.2 Å². The van der Waals surface area contributed by atoms with Crippen LogP contribution >= 0.6 is 24.0 Å². The summed E-state index contributed by atoms with van der Waals surface area (Å²) in [5.41, 5.74) is 3.37. The third-order valence-electron chi connectivity index (χ3n) is 7.31. The first-order valence-corrected chi connectivity index (χ1v) is 12.5. The standard InChI is InChI=1S/C24H28N2O4S2/c1-3-30-18-5-4-14(9-19(18)29-2)10-20-21(27)26(23(31)32-20)25-22(28)24-11-15-6-16(12-24)8-17(7-15)13-24/h4-5,9-10,15-17H,3,6-8,11-13H2,1-2H3,(H,25,28)/b20-10+. The minimum Gasteiger partial charge on any atom is -0.493 e. The third kappa shape index (κ3) is 3.81. The van der Waals surface area contributed by atoms with Gasteiger partial charge < -0.3 is 9.47 Å². The zero-order valence-corrected chi connectivity index (χ0v) is 20.0. The highest BCUT2D eigenvalue weighted by atomic mass is 32.2. The predicted octanol–water partition coefficient (Wildman–Crippen LogP) is 4.54. The van der Waals surface area contributed by atoms with Crippen molar-refractivity contribution < 1.29 is 19.1 Å². The monoisotopic (exact) mass is 472 g/mol. The van der Waals surface area contributed by atoms with Gasteiger partial charge in [0.05, 0.1) is 24.0 Å². The van der Waals surface area contributed by atoms with Crippen LogP contribution in [0.5, 0.6) is 11.5 Å². The molecule has 2 amide bonds. The van der Waals surface area contributed by atoms with E-state index < -0.39 is 0 Å². The van der Waals surface area contributed by atoms with Gasteiger partial charge in [0.25, 0.3) is 5.91 Å². The molecule has 0 aromatic heterocycles. The van der Waals surface area contributed by atoms with Crippen molar-refractivity contribution in [1.82, 2.24) is 10.4 Å². The van der Waals surface area contributed by atoms with Gasteiger partial charge in [-0.15, -0.1) is 0 Å². The number of amides is 2. The molecule has 170 valence electrons. The van der Waals surface area contributed by atoms with Gasteiger partial charge in [-0.2, -0.15) is 5.01 Å². The minimum atomic E-state index is -0.329. The second-order valence-electron chi connectivity index (χ2n) is 9.50. The van der Waals surface area contributed by atoms with Gasteiger partial charge in [0, 0.05) is 0 Å². The van der Waals surface area contributed by atoms with Crippen LogP contribution in [-0.4, -0.2) is 34.9 Å². The highest BCUT2D eigenvalue weighted by molar-refractivity contribution is 8.26. The topological polar surface area (TPSA) is 67.9 Å². The maximum Gasteiger partial charge on any atom is 0.285 e. The van der Waals surface area contributed by atoms with E-state index >= 15 is 0 Å². The van der Waals surface area contributed by atoms with Gasteiger partial charge in [0.15, 0.2) is 15.8 Å². The number of rotatable bonds is 6. The fourth-order valence-electron chi connectivity index (χ4n) is 6.37. The van der Waals surface area contributed by atoms with Gasteiger partial charge >= 0.3 is 0 Å². The Morgan fingerprint density at radius 3 is 2.47 bits per heavy atom. The second kappa shape index (κ2) is 8.37. The lowest BCUT2D eigenvalue weighted by atomic mass is 9.49. The van der Waals surface area contributed by atoms with E-state index in [0.29, 0.717) is 45.1 Å². The molecule has 1 saturated heterocycles. The Morgan fingerprint density at radius 2 is 1.88 bits per heavy atom. The average Bonchev–Trinajstić information content (AvgIpc) is 3.01. The summed E-state index contributed by atoms with van der Waals surface area (Å²) < 4.78 is 11.3. The number of ether oxygens (including phenoxy) is 2. The number of carbonyl (C=O) groups is 2. The summed E-state index contributed by atoms with van der Waals surface area (Å²) in [4.78, 5) is 26.9. The van der Waals surface area contributed by atoms with Crippen LogP contribution in [0, 0.1) is 23.2 Å². The van der Waals surface area contributed by atoms with E-state index in [1.807, 2.05) is 25.1 Å². The molecule has 6 rings (SSSR count). The molecule has 1 N–H and O–H groups in total. The molecule has 1 heterocycles. The Hall–Kier alpha value is -2.06. The van der Waals surface area contributed by atoms with Gasteiger partial charge in [0.2, 0.25) is 5.91 Å². The summed E-state index contributed by atoms with van der Waals surface area (Å²) in [5, 5.41) is 1.26. The summed E-state index contributed by atoms with van der Waals surface area (Å²) in [5.74, 6) is 2.92. The first-order valence-electron chi connectivity index (χ1n) is 11.3. The Labute approximate surface area is 198 Å². The Balaban J connectivity index is 1.32. The molecular weight excluding hydrogens is 444 g/mol. The lowest BCUT2D eigenvalue weighted by Crippen LogP contribution is -2.57. The van der Waals surface area contributed by atoms with Crippen LogP contribution in [0.2, 0.25) is 0 Å². The molecular formula is C24H28N2O4S2. The van der Waals surface area contributed by atoms with E-state index in [-0.39, 0.29) is 17.2 Å². The maximum absolute atomic E-state index is 13.4. The first kappa shape index (κ1) is 21.8. The molecule has 4 saturated carbocycles. The summed E-state index contributed by atoms with van der Waals surface area (Å²) in [7, 11) is 1.58. The Morgan fingerprint density at radius 1 is 1.22 bits per heavy atom. The number of carbonyl (C=O) groups excluding carboxylic acids is 2. The average molecular weight is 473 g/mol. The number of hydrogen-bond donors (Lipinski definition) is 1. The fourth-order valence-corrected chi connectivity index (χ4v) is 7.55. The highest BCUT2D eigenvalue weighted by Crippen LogP contribution is 2.60. The van der Waals surface area contributed by atoms with Crippen LogP contribution in [0.25, 0.3) is 6.08 Å². The number of thioether (sulfide) groups is 1. The summed E-state index contributed by atoms with van der Waals surface area (Å²) >= 11 is 6.65. The van der Waals surface area contributed by atoms with E-state index in [2.05, 4.69) is 5.43 Å². The van der Waals surface area contributed by atoms with E-state index in [0.717, 1.165) is 24.8 Å². The van der Waals surface area contributed by atoms with E-state index in [4.69, 9.17) is 21.7 Å². The molecule has 4 bridgehead atoms. The molecule has 32 heavy (non-hydrogen) atoms. The molecule has 4 aliphatic carbocycles. The number of hydrazine groups is 1. The Bertz CT molecular complexity index is 970. The van der Waals surface area contributed by atoms with Gasteiger partial charge in [-0.1, -0.05) is 17.8 Å². The Kier molecular flexibility index (Phi) is 5.70. The van der Waals surface area contributed by atoms with Gasteiger partial charge in [-0.25, -0.2) is 0 Å². The summed E-state index contributed by atoms with van der Waals surface area (Å²) in [6.45, 7) is 2.45. The number of nitrogens with zero attached hydrogens (tertiary/aromatic N) is 1. The highest BCUT2D eigenvalue weighted by Gasteiger charge is 2.55. The summed E-state index contributed by atoms with van der Waals surface area (Å²) in [6, 6.07) is 5.52. The predicted molar refractivity (Wildman–Crippen MR) is 128 cm³/mol. The van der Waals surface area contributed by atoms with Crippen molar-refractivity contribution in [3.63, 3.8) is 0 Å². The largest absolute Gasteiger partial charge is 0.493 e. The van der Waals surface area contributed by atoms with Crippen molar-refractivity contribution in [2.75, 3.05) is 13.7 Å². The molecule has 5 aliphatic rings. The lowest BCUT2D eigenvalue weighted by Gasteiger charge is -2.55. The minimum absolute atomic E-state index is 0.0307. The third-order valence-corrected chi connectivity index (χ3v) is 8.61. The number of methoxy groups -OCH3 is 1. The molecule has 1 aromatic rings. The molecule has 8 heteroatoms. The molecule has 0 spiro atoms. The molecule has 0 unspecified atom stereocenters. The maximum atomic E-state index is 13.4. The van der Waals surface area contributed by atoms with Crippen molar-refractivity contribution in [2.24, 2.45) is 23.2 Å². The number of thiocarbonyl (C=S) groups is 1. The van der Waals surface area contributed by atoms with E-state index in [1.54, 1.807) is 13.2 Å². The first-order chi connectivity index (χ1) is 15.4. The zero-order chi connectivity index (χ0) is 22.5. The lowest BCUT2D eigenvalue weighted by molar-refractivity contribution is -0.152. The van der Waals surface area contributed by atoms with Crippen LogP contribution in [0.3, 0.4) is 0 Å². The van der Waals surface area contributed by atoms with E-state index in [1.165, 1.54) is 36.0 Å². The van der Waals surface area contributed by atoms with Crippen LogP contribution in [-0.2, 0) is 9.59 Å². The van der Waals surface area contributed by atoms with Gasteiger partial charge in [0.1, 0.15) is 0 Å². The van der Waals surface area contributed by atoms with Crippen LogP contribution in [0.1, 0.15) is 51.0 Å². The smallest absolute Gasteiger partial charge is 0.285 e. The van der Waals surface area contributed by atoms with Gasteiger partial charge in [-0.3, -0.25) is 15.0 Å². The molecule has 6 nitrogen and oxygen atoms in total.